The molecule has 2 aromatic heterocycles. The lowest BCUT2D eigenvalue weighted by atomic mass is 10.0. The van der Waals surface area contributed by atoms with E-state index in [1.54, 1.807) is 25.4 Å². The number of benzene rings is 1. The topological polar surface area (TPSA) is 83.2 Å². The highest BCUT2D eigenvalue weighted by atomic mass is 19.4. The first kappa shape index (κ1) is 22.1. The highest BCUT2D eigenvalue weighted by Crippen LogP contribution is 2.34. The molecule has 1 aliphatic heterocycles. The maximum absolute atomic E-state index is 13.2. The van der Waals surface area contributed by atoms with E-state index in [-0.39, 0.29) is 5.69 Å². The summed E-state index contributed by atoms with van der Waals surface area (Å²) in [5.74, 6) is 0.847. The Hall–Kier alpha value is -3.14. The van der Waals surface area contributed by atoms with Crippen LogP contribution in [-0.4, -0.2) is 52.8 Å². The number of anilines is 3. The molecule has 10 heteroatoms. The molecule has 1 saturated heterocycles. The van der Waals surface area contributed by atoms with Gasteiger partial charge in [-0.05, 0) is 43.3 Å². The molecule has 0 unspecified atom stereocenters. The molecule has 0 bridgehead atoms. The second-order valence-corrected chi connectivity index (χ2v) is 7.99. The lowest BCUT2D eigenvalue weighted by Crippen LogP contribution is -2.46. The van der Waals surface area contributed by atoms with Crippen LogP contribution in [0.25, 0.3) is 10.9 Å². The number of rotatable bonds is 5. The van der Waals surface area contributed by atoms with Gasteiger partial charge in [0.1, 0.15) is 11.3 Å². The Morgan fingerprint density at radius 1 is 1.09 bits per heavy atom. The summed E-state index contributed by atoms with van der Waals surface area (Å²) in [4.78, 5) is 9.16. The standard InChI is InChI=1S/C22H26F3N7/c1-3-31-4-6-32(7-5-31)21-11-18-19(13-28-30-20(18)12-27-21)29-14(2)15-8-16(22(23,24)25)10-17(26)9-15/h8-14H,3-7,26H2,1-2H3,(H,29,30)/t14-/m1/s1. The number of pyridine rings is 1. The van der Waals surface area contributed by atoms with Crippen molar-refractivity contribution in [2.75, 3.05) is 48.7 Å². The zero-order chi connectivity index (χ0) is 22.9. The quantitative estimate of drug-likeness (QED) is 0.576. The van der Waals surface area contributed by atoms with Crippen molar-refractivity contribution in [3.05, 3.63) is 47.8 Å². The van der Waals surface area contributed by atoms with Gasteiger partial charge in [-0.25, -0.2) is 4.98 Å². The first-order chi connectivity index (χ1) is 15.2. The molecule has 0 amide bonds. The average Bonchev–Trinajstić information content (AvgIpc) is 2.78. The van der Waals surface area contributed by atoms with Crippen LogP contribution < -0.4 is 16.0 Å². The Kier molecular flexibility index (Phi) is 6.05. The fourth-order valence-electron chi connectivity index (χ4n) is 3.94. The zero-order valence-electron chi connectivity index (χ0n) is 18.0. The second-order valence-electron chi connectivity index (χ2n) is 7.99. The number of aromatic nitrogens is 3. The van der Waals surface area contributed by atoms with Crippen molar-refractivity contribution in [2.45, 2.75) is 26.1 Å². The van der Waals surface area contributed by atoms with E-state index in [2.05, 4.69) is 37.2 Å². The van der Waals surface area contributed by atoms with Crippen LogP contribution in [0.2, 0.25) is 0 Å². The van der Waals surface area contributed by atoms with Gasteiger partial charge in [0.05, 0.1) is 23.6 Å². The van der Waals surface area contributed by atoms with E-state index in [0.717, 1.165) is 56.1 Å². The van der Waals surface area contributed by atoms with Gasteiger partial charge in [-0.3, -0.25) is 0 Å². The van der Waals surface area contributed by atoms with E-state index in [0.29, 0.717) is 16.8 Å². The van der Waals surface area contributed by atoms with Crippen molar-refractivity contribution in [3.8, 4) is 0 Å². The van der Waals surface area contributed by atoms with Crippen molar-refractivity contribution in [1.82, 2.24) is 20.1 Å². The molecule has 0 saturated carbocycles. The Morgan fingerprint density at radius 3 is 2.53 bits per heavy atom. The minimum Gasteiger partial charge on any atom is -0.399 e. The molecule has 32 heavy (non-hydrogen) atoms. The summed E-state index contributed by atoms with van der Waals surface area (Å²) < 4.78 is 39.6. The van der Waals surface area contributed by atoms with E-state index in [1.165, 1.54) is 0 Å². The van der Waals surface area contributed by atoms with Crippen LogP contribution in [0.1, 0.15) is 31.0 Å². The summed E-state index contributed by atoms with van der Waals surface area (Å²) in [6.07, 6.45) is -1.20. The summed E-state index contributed by atoms with van der Waals surface area (Å²) >= 11 is 0. The number of piperazine rings is 1. The van der Waals surface area contributed by atoms with Crippen LogP contribution in [0.3, 0.4) is 0 Å². The van der Waals surface area contributed by atoms with Gasteiger partial charge in [0.2, 0.25) is 0 Å². The van der Waals surface area contributed by atoms with Crippen molar-refractivity contribution in [3.63, 3.8) is 0 Å². The van der Waals surface area contributed by atoms with E-state index in [9.17, 15) is 13.2 Å². The van der Waals surface area contributed by atoms with Gasteiger partial charge in [0.25, 0.3) is 0 Å². The van der Waals surface area contributed by atoms with Crippen molar-refractivity contribution >= 4 is 28.1 Å². The number of halogens is 3. The summed E-state index contributed by atoms with van der Waals surface area (Å²) in [6, 6.07) is 5.13. The minimum atomic E-state index is -4.46. The number of nitrogen functional groups attached to an aromatic ring is 1. The number of nitrogens with zero attached hydrogens (tertiary/aromatic N) is 5. The molecule has 3 heterocycles. The lowest BCUT2D eigenvalue weighted by molar-refractivity contribution is -0.137. The number of nitrogens with two attached hydrogens (primary N) is 1. The van der Waals surface area contributed by atoms with Crippen molar-refractivity contribution in [2.24, 2.45) is 0 Å². The molecular weight excluding hydrogens is 419 g/mol. The molecule has 0 radical (unpaired) electrons. The molecular formula is C22H26F3N7. The summed E-state index contributed by atoms with van der Waals surface area (Å²) in [7, 11) is 0. The van der Waals surface area contributed by atoms with Crippen molar-refractivity contribution < 1.29 is 13.2 Å². The number of nitrogens with one attached hydrogen (secondary N) is 1. The molecule has 1 aromatic carbocycles. The first-order valence-corrected chi connectivity index (χ1v) is 10.6. The molecule has 170 valence electrons. The van der Waals surface area contributed by atoms with Gasteiger partial charge < -0.3 is 20.9 Å². The molecule has 1 aliphatic rings. The summed E-state index contributed by atoms with van der Waals surface area (Å²) in [5, 5.41) is 12.3. The predicted octanol–water partition coefficient (Wildman–Crippen LogP) is 3.94. The zero-order valence-corrected chi connectivity index (χ0v) is 18.0. The molecule has 4 rings (SSSR count). The average molecular weight is 445 g/mol. The van der Waals surface area contributed by atoms with E-state index in [4.69, 9.17) is 5.73 Å². The van der Waals surface area contributed by atoms with Crippen LogP contribution in [-0.2, 0) is 6.18 Å². The molecule has 1 atom stereocenters. The highest BCUT2D eigenvalue weighted by molar-refractivity contribution is 5.91. The third-order valence-electron chi connectivity index (χ3n) is 5.83. The van der Waals surface area contributed by atoms with E-state index >= 15 is 0 Å². The van der Waals surface area contributed by atoms with Crippen LogP contribution in [0.5, 0.6) is 0 Å². The highest BCUT2D eigenvalue weighted by Gasteiger charge is 2.31. The molecule has 0 spiro atoms. The Balaban J connectivity index is 1.61. The van der Waals surface area contributed by atoms with Crippen LogP contribution in [0.4, 0.5) is 30.4 Å². The van der Waals surface area contributed by atoms with Gasteiger partial charge >= 0.3 is 6.18 Å². The molecule has 7 nitrogen and oxygen atoms in total. The number of hydrogen-bond acceptors (Lipinski definition) is 7. The lowest BCUT2D eigenvalue weighted by Gasteiger charge is -2.34. The van der Waals surface area contributed by atoms with Crippen molar-refractivity contribution in [1.29, 1.82) is 0 Å². The maximum atomic E-state index is 13.2. The monoisotopic (exact) mass is 445 g/mol. The SMILES string of the molecule is CCN1CCN(c2cc3c(N[C@H](C)c4cc(N)cc(C(F)(F)F)c4)cnnc3cn2)CC1. The number of hydrogen-bond donors (Lipinski definition) is 2. The smallest absolute Gasteiger partial charge is 0.399 e. The fraction of sp³-hybridized carbons (Fsp3) is 0.409. The third kappa shape index (κ3) is 4.69. The van der Waals surface area contributed by atoms with E-state index in [1.807, 2.05) is 6.07 Å². The normalized spacial score (nSPS) is 16.3. The summed E-state index contributed by atoms with van der Waals surface area (Å²) in [6.45, 7) is 8.68. The molecule has 3 aromatic rings. The second kappa shape index (κ2) is 8.78. The van der Waals surface area contributed by atoms with Gasteiger partial charge in [0.15, 0.2) is 0 Å². The van der Waals surface area contributed by atoms with Gasteiger partial charge in [0, 0.05) is 43.3 Å². The largest absolute Gasteiger partial charge is 0.416 e. The fourth-order valence-corrected chi connectivity index (χ4v) is 3.94. The maximum Gasteiger partial charge on any atom is 0.416 e. The Labute approximate surface area is 184 Å². The predicted molar refractivity (Wildman–Crippen MR) is 120 cm³/mol. The number of alkyl halides is 3. The number of fused-ring (bicyclic) bond motifs is 1. The Bertz CT molecular complexity index is 1090. The van der Waals surface area contributed by atoms with Crippen LogP contribution in [0.15, 0.2) is 36.7 Å². The molecule has 0 aliphatic carbocycles. The van der Waals surface area contributed by atoms with Crippen LogP contribution >= 0.6 is 0 Å². The number of likely N-dealkylation sites (N-methyl/N-ethyl adjacent to an activating group) is 1. The molecule has 1 fully saturated rings. The summed E-state index contributed by atoms with van der Waals surface area (Å²) in [5.41, 5.74) is 6.76. The minimum absolute atomic E-state index is 0.0684. The Morgan fingerprint density at radius 2 is 1.84 bits per heavy atom. The van der Waals surface area contributed by atoms with Gasteiger partial charge in [-0.2, -0.15) is 18.3 Å². The molecule has 3 N–H and O–H groups in total. The van der Waals surface area contributed by atoms with Gasteiger partial charge in [-0.15, -0.1) is 5.10 Å². The van der Waals surface area contributed by atoms with E-state index < -0.39 is 17.8 Å². The third-order valence-corrected chi connectivity index (χ3v) is 5.83. The van der Waals surface area contributed by atoms with Gasteiger partial charge in [-0.1, -0.05) is 6.92 Å². The first-order valence-electron chi connectivity index (χ1n) is 10.6. The van der Waals surface area contributed by atoms with Crippen LogP contribution in [0, 0.1) is 0 Å².